The summed E-state index contributed by atoms with van der Waals surface area (Å²) in [7, 11) is 0. The molecule has 3 nitrogen and oxygen atoms in total. The van der Waals surface area contributed by atoms with E-state index in [0.29, 0.717) is 11.6 Å². The zero-order chi connectivity index (χ0) is 12.2. The zero-order valence-corrected chi connectivity index (χ0v) is 11.5. The van der Waals surface area contributed by atoms with Crippen molar-refractivity contribution < 1.29 is 4.79 Å². The van der Waals surface area contributed by atoms with Gasteiger partial charge >= 0.3 is 0 Å². The molecular formula is C12H10BrClN2O. The highest BCUT2D eigenvalue weighted by molar-refractivity contribution is 9.10. The van der Waals surface area contributed by atoms with Crippen molar-refractivity contribution >= 4 is 44.3 Å². The summed E-state index contributed by atoms with van der Waals surface area (Å²) >= 11 is 9.58. The number of nitrogens with one attached hydrogen (secondary N) is 1. The van der Waals surface area contributed by atoms with Crippen LogP contribution in [0.4, 0.5) is 0 Å². The monoisotopic (exact) mass is 312 g/mol. The fourth-order valence-electron chi connectivity index (χ4n) is 2.45. The van der Waals surface area contributed by atoms with E-state index in [9.17, 15) is 4.79 Å². The van der Waals surface area contributed by atoms with Gasteiger partial charge in [-0.25, -0.2) is 0 Å². The Labute approximate surface area is 112 Å². The van der Waals surface area contributed by atoms with E-state index in [1.54, 1.807) is 0 Å². The van der Waals surface area contributed by atoms with Gasteiger partial charge in [-0.1, -0.05) is 11.6 Å². The number of hydrogen-bond acceptors (Lipinski definition) is 1. The van der Waals surface area contributed by atoms with E-state index >= 15 is 0 Å². The second kappa shape index (κ2) is 3.75. The van der Waals surface area contributed by atoms with Crippen molar-refractivity contribution in [3.63, 3.8) is 0 Å². The molecule has 0 radical (unpaired) electrons. The molecular weight excluding hydrogens is 304 g/mol. The van der Waals surface area contributed by atoms with Gasteiger partial charge < -0.3 is 9.88 Å². The average molecular weight is 314 g/mol. The van der Waals surface area contributed by atoms with Gasteiger partial charge in [0.15, 0.2) is 0 Å². The zero-order valence-electron chi connectivity index (χ0n) is 9.18. The third-order valence-electron chi connectivity index (χ3n) is 3.16. The summed E-state index contributed by atoms with van der Waals surface area (Å²) in [5, 5.41) is 4.58. The summed E-state index contributed by atoms with van der Waals surface area (Å²) in [6.07, 6.45) is 0. The van der Waals surface area contributed by atoms with Crippen LogP contribution in [0.3, 0.4) is 0 Å². The Morgan fingerprint density at radius 1 is 1.47 bits per heavy atom. The van der Waals surface area contributed by atoms with Gasteiger partial charge in [0.2, 0.25) is 0 Å². The molecule has 0 spiro atoms. The maximum atomic E-state index is 11.9. The largest absolute Gasteiger partial charge is 0.349 e. The molecule has 1 aliphatic rings. The molecule has 0 saturated heterocycles. The van der Waals surface area contributed by atoms with Gasteiger partial charge in [0.25, 0.3) is 5.91 Å². The number of hydrogen-bond donors (Lipinski definition) is 1. The van der Waals surface area contributed by atoms with Gasteiger partial charge in [0.05, 0.1) is 5.52 Å². The van der Waals surface area contributed by atoms with Crippen LogP contribution in [0.5, 0.6) is 0 Å². The maximum absolute atomic E-state index is 11.9. The van der Waals surface area contributed by atoms with Gasteiger partial charge in [-0.15, -0.1) is 0 Å². The highest BCUT2D eigenvalue weighted by atomic mass is 79.9. The van der Waals surface area contributed by atoms with Crippen LogP contribution < -0.4 is 5.32 Å². The second-order valence-corrected chi connectivity index (χ2v) is 5.46. The van der Waals surface area contributed by atoms with Crippen molar-refractivity contribution in [1.82, 2.24) is 9.88 Å². The number of halogens is 2. The number of carbonyl (C=O) groups excluding carboxylic acids is 1. The lowest BCUT2D eigenvalue weighted by molar-refractivity contribution is 0.0928. The molecule has 17 heavy (non-hydrogen) atoms. The third kappa shape index (κ3) is 1.51. The third-order valence-corrected chi connectivity index (χ3v) is 3.99. The molecule has 5 heteroatoms. The Morgan fingerprint density at radius 3 is 3.00 bits per heavy atom. The molecule has 0 saturated carbocycles. The first kappa shape index (κ1) is 11.1. The number of benzene rings is 1. The van der Waals surface area contributed by atoms with E-state index < -0.39 is 0 Å². The Bertz CT molecular complexity index is 648. The van der Waals surface area contributed by atoms with Crippen molar-refractivity contribution in [2.45, 2.75) is 13.5 Å². The summed E-state index contributed by atoms with van der Waals surface area (Å²) < 4.78 is 2.99. The van der Waals surface area contributed by atoms with Crippen molar-refractivity contribution in [2.24, 2.45) is 0 Å². The summed E-state index contributed by atoms with van der Waals surface area (Å²) in [4.78, 5) is 11.9. The lowest BCUT2D eigenvalue weighted by Gasteiger charge is -2.17. The second-order valence-electron chi connectivity index (χ2n) is 4.16. The summed E-state index contributed by atoms with van der Waals surface area (Å²) in [5.74, 6) is -0.00651. The van der Waals surface area contributed by atoms with Gasteiger partial charge in [0, 0.05) is 28.0 Å². The van der Waals surface area contributed by atoms with E-state index in [0.717, 1.165) is 33.2 Å². The number of aromatic nitrogens is 1. The first-order valence-electron chi connectivity index (χ1n) is 5.35. The van der Waals surface area contributed by atoms with E-state index in [-0.39, 0.29) is 5.91 Å². The van der Waals surface area contributed by atoms with Crippen molar-refractivity contribution in [3.8, 4) is 0 Å². The van der Waals surface area contributed by atoms with Crippen molar-refractivity contribution in [3.05, 3.63) is 32.9 Å². The van der Waals surface area contributed by atoms with Gasteiger partial charge in [-0.05, 0) is 40.5 Å². The highest BCUT2D eigenvalue weighted by Gasteiger charge is 2.24. The first-order valence-corrected chi connectivity index (χ1v) is 6.52. The molecule has 1 aromatic heterocycles. The molecule has 3 rings (SSSR count). The molecule has 0 unspecified atom stereocenters. The van der Waals surface area contributed by atoms with E-state index in [1.807, 2.05) is 19.1 Å². The van der Waals surface area contributed by atoms with E-state index in [2.05, 4.69) is 25.8 Å². The molecule has 88 valence electrons. The van der Waals surface area contributed by atoms with Gasteiger partial charge in [0.1, 0.15) is 5.69 Å². The number of fused-ring (bicyclic) bond motifs is 3. The topological polar surface area (TPSA) is 34.0 Å². The smallest absolute Gasteiger partial charge is 0.268 e. The van der Waals surface area contributed by atoms with Crippen LogP contribution in [0, 0.1) is 6.92 Å². The molecule has 1 aromatic carbocycles. The SMILES string of the molecule is Cc1c2n(c3c(Br)cc(Cl)cc13)CCNC2=O. The van der Waals surface area contributed by atoms with Crippen molar-refractivity contribution in [1.29, 1.82) is 0 Å². The van der Waals surface area contributed by atoms with Crippen LogP contribution in [0.2, 0.25) is 5.02 Å². The Kier molecular flexibility index (Phi) is 2.45. The van der Waals surface area contributed by atoms with Crippen LogP contribution in [-0.4, -0.2) is 17.0 Å². The molecule has 2 aromatic rings. The van der Waals surface area contributed by atoms with Crippen LogP contribution >= 0.6 is 27.5 Å². The fourth-order valence-corrected chi connectivity index (χ4v) is 3.47. The van der Waals surface area contributed by atoms with Crippen LogP contribution in [0.15, 0.2) is 16.6 Å². The highest BCUT2D eigenvalue weighted by Crippen LogP contribution is 2.34. The predicted molar refractivity (Wildman–Crippen MR) is 71.7 cm³/mol. The molecule has 1 amide bonds. The number of carbonyl (C=O) groups is 1. The summed E-state index contributed by atoms with van der Waals surface area (Å²) in [6.45, 7) is 3.43. The first-order chi connectivity index (χ1) is 8.09. The molecule has 0 atom stereocenters. The lowest BCUT2D eigenvalue weighted by atomic mass is 10.1. The summed E-state index contributed by atoms with van der Waals surface area (Å²) in [5.41, 5.74) is 2.78. The quantitative estimate of drug-likeness (QED) is 0.797. The number of nitrogens with zero attached hydrogens (tertiary/aromatic N) is 1. The summed E-state index contributed by atoms with van der Waals surface area (Å²) in [6, 6.07) is 3.78. The van der Waals surface area contributed by atoms with Crippen molar-refractivity contribution in [2.75, 3.05) is 6.54 Å². The lowest BCUT2D eigenvalue weighted by Crippen LogP contribution is -2.35. The normalized spacial score (nSPS) is 14.9. The minimum absolute atomic E-state index is 0.00651. The number of amides is 1. The molecule has 1 N–H and O–H groups in total. The Hall–Kier alpha value is -1.00. The number of aryl methyl sites for hydroxylation is 1. The average Bonchev–Trinajstić information content (AvgIpc) is 2.54. The Morgan fingerprint density at radius 2 is 2.24 bits per heavy atom. The maximum Gasteiger partial charge on any atom is 0.268 e. The predicted octanol–water partition coefficient (Wildman–Crippen LogP) is 3.11. The Balaban J connectivity index is 2.48. The molecule has 0 bridgehead atoms. The fraction of sp³-hybridized carbons (Fsp3) is 0.250. The molecule has 0 fully saturated rings. The standard InChI is InChI=1S/C12H10BrClN2O/c1-6-8-4-7(14)5-9(13)11(8)16-3-2-15-12(17)10(6)16/h4-5H,2-3H2,1H3,(H,15,17). The van der Waals surface area contributed by atoms with Crippen LogP contribution in [0.1, 0.15) is 16.1 Å². The minimum atomic E-state index is -0.00651. The van der Waals surface area contributed by atoms with E-state index in [1.165, 1.54) is 0 Å². The van der Waals surface area contributed by atoms with E-state index in [4.69, 9.17) is 11.6 Å². The van der Waals surface area contributed by atoms with Gasteiger partial charge in [-0.2, -0.15) is 0 Å². The molecule has 0 aliphatic carbocycles. The molecule has 2 heterocycles. The molecule has 1 aliphatic heterocycles. The van der Waals surface area contributed by atoms with Gasteiger partial charge in [-0.3, -0.25) is 4.79 Å². The minimum Gasteiger partial charge on any atom is -0.349 e. The number of rotatable bonds is 0. The van der Waals surface area contributed by atoms with Crippen LogP contribution in [0.25, 0.3) is 10.9 Å². The van der Waals surface area contributed by atoms with Crippen LogP contribution in [-0.2, 0) is 6.54 Å².